The minimum atomic E-state index is -1.05. The molecule has 2 N–H and O–H groups in total. The Hall–Kier alpha value is -2.60. The van der Waals surface area contributed by atoms with Crippen LogP contribution in [0.4, 0.5) is 16.1 Å². The second kappa shape index (κ2) is 5.89. The Morgan fingerprint density at radius 3 is 2.91 bits per heavy atom. The highest BCUT2D eigenvalue weighted by molar-refractivity contribution is 6.30. The Kier molecular flexibility index (Phi) is 3.92. The summed E-state index contributed by atoms with van der Waals surface area (Å²) in [6.45, 7) is 1.88. The second-order valence-corrected chi connectivity index (χ2v) is 5.53. The number of fused-ring (bicyclic) bond motifs is 1. The fourth-order valence-electron chi connectivity index (χ4n) is 2.22. The lowest BCUT2D eigenvalue weighted by Gasteiger charge is -2.05. The van der Waals surface area contributed by atoms with E-state index in [0.29, 0.717) is 16.3 Å². The van der Waals surface area contributed by atoms with E-state index in [4.69, 9.17) is 21.1 Å². The smallest absolute Gasteiger partial charge is 0.307 e. The van der Waals surface area contributed by atoms with E-state index in [2.05, 4.69) is 10.3 Å². The first-order chi connectivity index (χ1) is 10.9. The number of carbonyl (C=O) groups is 1. The molecule has 0 aliphatic heterocycles. The van der Waals surface area contributed by atoms with Crippen molar-refractivity contribution in [3.8, 4) is 0 Å². The van der Waals surface area contributed by atoms with E-state index in [-0.39, 0.29) is 23.5 Å². The van der Waals surface area contributed by atoms with E-state index >= 15 is 0 Å². The van der Waals surface area contributed by atoms with Crippen LogP contribution in [0.3, 0.4) is 0 Å². The Morgan fingerprint density at radius 2 is 2.17 bits per heavy atom. The SMILES string of the molecule is Cc1ccc(Cl)cc1Nc1nc2c(F)cc(CC(=O)O)cc2o1. The standard InChI is InChI=1S/C16H12ClFN2O3/c1-8-2-3-10(17)7-12(8)19-16-20-15-11(18)4-9(6-14(21)22)5-13(15)23-16/h2-5,7H,6H2,1H3,(H,19,20)(H,21,22). The predicted octanol–water partition coefficient (Wildman–Crippen LogP) is 4.30. The average Bonchev–Trinajstić information content (AvgIpc) is 2.85. The van der Waals surface area contributed by atoms with Gasteiger partial charge in [0.1, 0.15) is 5.52 Å². The number of hydrogen-bond donors (Lipinski definition) is 2. The monoisotopic (exact) mass is 334 g/mol. The van der Waals surface area contributed by atoms with Crippen molar-refractivity contribution in [2.24, 2.45) is 0 Å². The zero-order valence-corrected chi connectivity index (χ0v) is 12.8. The van der Waals surface area contributed by atoms with Crippen LogP contribution in [0.1, 0.15) is 11.1 Å². The summed E-state index contributed by atoms with van der Waals surface area (Å²) >= 11 is 5.95. The van der Waals surface area contributed by atoms with E-state index in [0.717, 1.165) is 11.6 Å². The summed E-state index contributed by atoms with van der Waals surface area (Å²) in [6.07, 6.45) is -0.288. The summed E-state index contributed by atoms with van der Waals surface area (Å²) in [7, 11) is 0. The number of halogens is 2. The van der Waals surface area contributed by atoms with Gasteiger partial charge in [-0.05, 0) is 42.3 Å². The normalized spacial score (nSPS) is 10.9. The fourth-order valence-corrected chi connectivity index (χ4v) is 2.39. The molecule has 0 saturated carbocycles. The third kappa shape index (κ3) is 3.27. The number of nitrogens with zero attached hydrogens (tertiary/aromatic N) is 1. The van der Waals surface area contributed by atoms with E-state index < -0.39 is 11.8 Å². The topological polar surface area (TPSA) is 75.4 Å². The molecule has 2 aromatic carbocycles. The summed E-state index contributed by atoms with van der Waals surface area (Å²) in [6, 6.07) is 8.02. The van der Waals surface area contributed by atoms with Gasteiger partial charge in [-0.3, -0.25) is 4.79 Å². The molecule has 0 bridgehead atoms. The number of aromatic nitrogens is 1. The summed E-state index contributed by atoms with van der Waals surface area (Å²) in [5.41, 5.74) is 2.15. The van der Waals surface area contributed by atoms with Crippen LogP contribution in [0.5, 0.6) is 0 Å². The molecule has 0 amide bonds. The highest BCUT2D eigenvalue weighted by Gasteiger charge is 2.14. The van der Waals surface area contributed by atoms with Gasteiger partial charge in [-0.1, -0.05) is 17.7 Å². The van der Waals surface area contributed by atoms with Crippen molar-refractivity contribution in [3.63, 3.8) is 0 Å². The maximum atomic E-state index is 14.0. The molecular weight excluding hydrogens is 323 g/mol. The lowest BCUT2D eigenvalue weighted by molar-refractivity contribution is -0.136. The summed E-state index contributed by atoms with van der Waals surface area (Å²) < 4.78 is 19.5. The van der Waals surface area contributed by atoms with Crippen molar-refractivity contribution >= 4 is 40.4 Å². The zero-order valence-electron chi connectivity index (χ0n) is 12.1. The van der Waals surface area contributed by atoms with Crippen LogP contribution in [0.25, 0.3) is 11.1 Å². The molecule has 1 heterocycles. The summed E-state index contributed by atoms with van der Waals surface area (Å²) in [5, 5.41) is 12.3. The van der Waals surface area contributed by atoms with Crippen LogP contribution in [-0.4, -0.2) is 16.1 Å². The summed E-state index contributed by atoms with van der Waals surface area (Å²) in [4.78, 5) is 14.8. The van der Waals surface area contributed by atoms with Crippen molar-refractivity contribution in [1.82, 2.24) is 4.98 Å². The van der Waals surface area contributed by atoms with Crippen molar-refractivity contribution in [2.75, 3.05) is 5.32 Å². The molecule has 0 atom stereocenters. The largest absolute Gasteiger partial charge is 0.481 e. The van der Waals surface area contributed by atoms with Crippen LogP contribution in [0.2, 0.25) is 5.02 Å². The number of nitrogens with one attached hydrogen (secondary N) is 1. The van der Waals surface area contributed by atoms with Crippen LogP contribution in [0.15, 0.2) is 34.7 Å². The molecule has 0 unspecified atom stereocenters. The third-order valence-corrected chi connectivity index (χ3v) is 3.54. The lowest BCUT2D eigenvalue weighted by Crippen LogP contribution is -2.00. The molecule has 0 saturated heterocycles. The molecule has 3 aromatic rings. The number of aliphatic carboxylic acids is 1. The van der Waals surface area contributed by atoms with Crippen LogP contribution in [0, 0.1) is 12.7 Å². The predicted molar refractivity (Wildman–Crippen MR) is 84.8 cm³/mol. The molecule has 0 radical (unpaired) electrons. The number of rotatable bonds is 4. The van der Waals surface area contributed by atoms with Gasteiger partial charge in [-0.25, -0.2) is 4.39 Å². The quantitative estimate of drug-likeness (QED) is 0.744. The number of anilines is 2. The van der Waals surface area contributed by atoms with Gasteiger partial charge in [0.2, 0.25) is 0 Å². The zero-order chi connectivity index (χ0) is 16.6. The van der Waals surface area contributed by atoms with Gasteiger partial charge in [0.05, 0.1) is 6.42 Å². The number of hydrogen-bond acceptors (Lipinski definition) is 4. The second-order valence-electron chi connectivity index (χ2n) is 5.10. The third-order valence-electron chi connectivity index (χ3n) is 3.30. The van der Waals surface area contributed by atoms with Crippen molar-refractivity contribution in [1.29, 1.82) is 0 Å². The molecule has 0 aliphatic rings. The van der Waals surface area contributed by atoms with Gasteiger partial charge in [0.15, 0.2) is 11.4 Å². The number of carboxylic acid groups (broad SMARTS) is 1. The van der Waals surface area contributed by atoms with Crippen LogP contribution >= 0.6 is 11.6 Å². The van der Waals surface area contributed by atoms with Crippen LogP contribution in [-0.2, 0) is 11.2 Å². The molecule has 3 rings (SSSR count). The van der Waals surface area contributed by atoms with E-state index in [1.807, 2.05) is 13.0 Å². The Bertz CT molecular complexity index is 908. The molecule has 0 aliphatic carbocycles. The fraction of sp³-hybridized carbons (Fsp3) is 0.125. The highest BCUT2D eigenvalue weighted by atomic mass is 35.5. The van der Waals surface area contributed by atoms with Gasteiger partial charge in [-0.15, -0.1) is 0 Å². The molecule has 7 heteroatoms. The van der Waals surface area contributed by atoms with Crippen LogP contribution < -0.4 is 5.32 Å². The molecule has 118 valence electrons. The highest BCUT2D eigenvalue weighted by Crippen LogP contribution is 2.28. The molecule has 5 nitrogen and oxygen atoms in total. The first-order valence-corrected chi connectivity index (χ1v) is 7.14. The van der Waals surface area contributed by atoms with Gasteiger partial charge in [-0.2, -0.15) is 4.98 Å². The average molecular weight is 335 g/mol. The van der Waals surface area contributed by atoms with Gasteiger partial charge >= 0.3 is 5.97 Å². The van der Waals surface area contributed by atoms with Crippen molar-refractivity contribution in [3.05, 3.63) is 52.3 Å². The Morgan fingerprint density at radius 1 is 1.39 bits per heavy atom. The van der Waals surface area contributed by atoms with Gasteiger partial charge < -0.3 is 14.8 Å². The minimum Gasteiger partial charge on any atom is -0.481 e. The number of aryl methyl sites for hydroxylation is 1. The van der Waals surface area contributed by atoms with Gasteiger partial charge in [0, 0.05) is 10.7 Å². The maximum absolute atomic E-state index is 14.0. The Labute approximate surface area is 135 Å². The van der Waals surface area contributed by atoms with E-state index in [9.17, 15) is 9.18 Å². The first kappa shape index (κ1) is 15.3. The molecular formula is C16H12ClFN2O3. The number of carboxylic acids is 1. The maximum Gasteiger partial charge on any atom is 0.307 e. The first-order valence-electron chi connectivity index (χ1n) is 6.76. The molecule has 1 aromatic heterocycles. The Balaban J connectivity index is 1.98. The lowest BCUT2D eigenvalue weighted by atomic mass is 10.1. The number of oxazole rings is 1. The molecule has 0 fully saturated rings. The van der Waals surface area contributed by atoms with E-state index in [1.54, 1.807) is 12.1 Å². The van der Waals surface area contributed by atoms with Crippen molar-refractivity contribution in [2.45, 2.75) is 13.3 Å². The van der Waals surface area contributed by atoms with E-state index in [1.165, 1.54) is 6.07 Å². The molecule has 0 spiro atoms. The van der Waals surface area contributed by atoms with Crippen molar-refractivity contribution < 1.29 is 18.7 Å². The number of benzene rings is 2. The van der Waals surface area contributed by atoms with Gasteiger partial charge in [0.25, 0.3) is 6.01 Å². The minimum absolute atomic E-state index is 0.0429. The molecule has 23 heavy (non-hydrogen) atoms. The summed E-state index contributed by atoms with van der Waals surface area (Å²) in [5.74, 6) is -1.67.